The molecule has 2 amide bonds. The Hall–Kier alpha value is -2.80. The van der Waals surface area contributed by atoms with Crippen LogP contribution in [0.15, 0.2) is 18.2 Å². The molecule has 0 unspecified atom stereocenters. The molecule has 0 radical (unpaired) electrons. The van der Waals surface area contributed by atoms with Crippen molar-refractivity contribution in [2.75, 3.05) is 38.0 Å². The zero-order valence-electron chi connectivity index (χ0n) is 18.4. The van der Waals surface area contributed by atoms with Gasteiger partial charge in [-0.15, -0.1) is 0 Å². The minimum absolute atomic E-state index is 0.0919. The lowest BCUT2D eigenvalue weighted by atomic mass is 9.87. The van der Waals surface area contributed by atoms with E-state index in [1.54, 1.807) is 0 Å². The van der Waals surface area contributed by atoms with Crippen molar-refractivity contribution in [3.8, 4) is 0 Å². The van der Waals surface area contributed by atoms with E-state index in [-0.39, 0.29) is 11.8 Å². The van der Waals surface area contributed by atoms with Crippen LogP contribution >= 0.6 is 0 Å². The number of nitrogens with zero attached hydrogens (tertiary/aromatic N) is 2. The van der Waals surface area contributed by atoms with Crippen LogP contribution in [0.1, 0.15) is 52.1 Å². The number of nitrogens with one attached hydrogen (secondary N) is 2. The first-order valence-electron chi connectivity index (χ1n) is 11.4. The Morgan fingerprint density at radius 2 is 1.87 bits per heavy atom. The maximum absolute atomic E-state index is 13.3. The lowest BCUT2D eigenvalue weighted by Gasteiger charge is -2.32. The van der Waals surface area contributed by atoms with Crippen molar-refractivity contribution in [2.24, 2.45) is 0 Å². The molecule has 1 aromatic heterocycles. The molecule has 4 heterocycles. The second-order valence-electron chi connectivity index (χ2n) is 8.97. The highest BCUT2D eigenvalue weighted by Gasteiger charge is 2.31. The van der Waals surface area contributed by atoms with Gasteiger partial charge in [-0.25, -0.2) is 0 Å². The summed E-state index contributed by atoms with van der Waals surface area (Å²) in [5.41, 5.74) is 7.11. The fourth-order valence-corrected chi connectivity index (χ4v) is 5.18. The van der Waals surface area contributed by atoms with Crippen LogP contribution in [0, 0.1) is 6.92 Å². The van der Waals surface area contributed by atoms with Crippen LogP contribution in [0.25, 0.3) is 11.6 Å². The molecule has 2 aromatic rings. The molecular weight excluding hydrogens is 387 g/mol. The molecule has 0 bridgehead atoms. The van der Waals surface area contributed by atoms with Crippen LogP contribution in [0.5, 0.6) is 0 Å². The van der Waals surface area contributed by atoms with E-state index in [1.807, 2.05) is 43.9 Å². The highest BCUT2D eigenvalue weighted by molar-refractivity contribution is 6.44. The number of piperidine rings is 1. The van der Waals surface area contributed by atoms with Crippen molar-refractivity contribution in [1.29, 1.82) is 0 Å². The highest BCUT2D eigenvalue weighted by atomic mass is 16.2. The van der Waals surface area contributed by atoms with Crippen LogP contribution in [-0.4, -0.2) is 67.2 Å². The number of H-pyrrole nitrogens is 1. The average molecular weight is 416 g/mol. The normalized spacial score (nSPS) is 20.2. The molecule has 5 rings (SSSR count). The standard InChI is InChI=1S/C24H29BN4O2/c1-15-20(14-16-22-17(25)6-5-7-18(22)27-23(16)30)26-19-8-11-29(24(31)21(15)19)13-12-28-9-3-2-4-10-28/h5-7,14,26H,2-4,8-13,25H2,1H3,(H,27,30)/b16-14-. The molecule has 1 fully saturated rings. The van der Waals surface area contributed by atoms with Gasteiger partial charge in [-0.3, -0.25) is 9.59 Å². The van der Waals surface area contributed by atoms with Gasteiger partial charge < -0.3 is 20.1 Å². The molecule has 2 N–H and O–H groups in total. The van der Waals surface area contributed by atoms with Crippen LogP contribution in [-0.2, 0) is 11.2 Å². The number of fused-ring (bicyclic) bond motifs is 2. The summed E-state index contributed by atoms with van der Waals surface area (Å²) in [4.78, 5) is 33.8. The Morgan fingerprint density at radius 1 is 1.06 bits per heavy atom. The molecule has 7 heteroatoms. The van der Waals surface area contributed by atoms with E-state index < -0.39 is 0 Å². The Balaban J connectivity index is 1.40. The second kappa shape index (κ2) is 8.04. The van der Waals surface area contributed by atoms with Crippen molar-refractivity contribution in [1.82, 2.24) is 14.8 Å². The molecule has 3 aliphatic heterocycles. The van der Waals surface area contributed by atoms with E-state index in [4.69, 9.17) is 0 Å². The van der Waals surface area contributed by atoms with Gasteiger partial charge in [0.1, 0.15) is 7.85 Å². The SMILES string of the molecule is Bc1cccc2c1/C(=C/c1[nH]c3c(c1C)C(=O)N(CCN1CCCCC1)CC3)C(=O)N2. The first-order chi connectivity index (χ1) is 15.0. The van der Waals surface area contributed by atoms with E-state index in [9.17, 15) is 9.59 Å². The number of carbonyl (C=O) groups excluding carboxylic acids is 2. The fourth-order valence-electron chi connectivity index (χ4n) is 5.18. The number of amides is 2. The van der Waals surface area contributed by atoms with Gasteiger partial charge in [0.2, 0.25) is 0 Å². The maximum atomic E-state index is 13.3. The summed E-state index contributed by atoms with van der Waals surface area (Å²) in [6.45, 7) is 6.78. The average Bonchev–Trinajstić information content (AvgIpc) is 3.26. The minimum Gasteiger partial charge on any atom is -0.358 e. The number of rotatable bonds is 4. The first-order valence-corrected chi connectivity index (χ1v) is 11.4. The van der Waals surface area contributed by atoms with Crippen molar-refractivity contribution in [3.05, 3.63) is 46.3 Å². The third-order valence-corrected chi connectivity index (χ3v) is 6.96. The largest absolute Gasteiger partial charge is 0.358 e. The molecule has 0 atom stereocenters. The Kier molecular flexibility index (Phi) is 5.22. The lowest BCUT2D eigenvalue weighted by molar-refractivity contribution is -0.110. The van der Waals surface area contributed by atoms with Gasteiger partial charge in [-0.05, 0) is 50.6 Å². The van der Waals surface area contributed by atoms with E-state index in [0.29, 0.717) is 5.57 Å². The molecule has 160 valence electrons. The smallest absolute Gasteiger partial charge is 0.256 e. The summed E-state index contributed by atoms with van der Waals surface area (Å²) in [6, 6.07) is 5.90. The third kappa shape index (κ3) is 3.61. The van der Waals surface area contributed by atoms with Crippen LogP contribution in [0.2, 0.25) is 0 Å². The highest BCUT2D eigenvalue weighted by Crippen LogP contribution is 2.33. The van der Waals surface area contributed by atoms with Crippen molar-refractivity contribution in [2.45, 2.75) is 32.6 Å². The molecule has 0 spiro atoms. The maximum Gasteiger partial charge on any atom is 0.256 e. The van der Waals surface area contributed by atoms with E-state index in [0.717, 1.165) is 78.4 Å². The Labute approximate surface area is 184 Å². The minimum atomic E-state index is -0.0919. The lowest BCUT2D eigenvalue weighted by Crippen LogP contribution is -2.43. The molecule has 0 saturated carbocycles. The molecular formula is C24H29BN4O2. The molecule has 0 aliphatic carbocycles. The zero-order chi connectivity index (χ0) is 21.5. The summed E-state index contributed by atoms with van der Waals surface area (Å²) in [6.07, 6.45) is 6.60. The monoisotopic (exact) mass is 416 g/mol. The van der Waals surface area contributed by atoms with Gasteiger partial charge in [-0.1, -0.05) is 24.0 Å². The number of hydrogen-bond acceptors (Lipinski definition) is 3. The quantitative estimate of drug-likeness (QED) is 0.587. The summed E-state index contributed by atoms with van der Waals surface area (Å²) in [7, 11) is 2.02. The second-order valence-corrected chi connectivity index (χ2v) is 8.97. The predicted octanol–water partition coefficient (Wildman–Crippen LogP) is 1.56. The number of aromatic nitrogens is 1. The molecule has 1 aromatic carbocycles. The van der Waals surface area contributed by atoms with Crippen molar-refractivity contribution >= 4 is 42.5 Å². The van der Waals surface area contributed by atoms with Gasteiger partial charge >= 0.3 is 0 Å². The first kappa shape index (κ1) is 20.1. The van der Waals surface area contributed by atoms with Crippen LogP contribution in [0.4, 0.5) is 5.69 Å². The van der Waals surface area contributed by atoms with E-state index >= 15 is 0 Å². The molecule has 31 heavy (non-hydrogen) atoms. The number of benzene rings is 1. The van der Waals surface area contributed by atoms with Gasteiger partial charge in [0, 0.05) is 48.7 Å². The molecule has 1 saturated heterocycles. The molecule has 6 nitrogen and oxygen atoms in total. The fraction of sp³-hybridized carbons (Fsp3) is 0.417. The van der Waals surface area contributed by atoms with Gasteiger partial charge in [0.15, 0.2) is 0 Å². The van der Waals surface area contributed by atoms with Crippen LogP contribution < -0.4 is 10.8 Å². The summed E-state index contributed by atoms with van der Waals surface area (Å²) < 4.78 is 0. The van der Waals surface area contributed by atoms with Crippen LogP contribution in [0.3, 0.4) is 0 Å². The number of aromatic amines is 1. The number of hydrogen-bond donors (Lipinski definition) is 2. The number of carbonyl (C=O) groups is 2. The predicted molar refractivity (Wildman–Crippen MR) is 127 cm³/mol. The zero-order valence-corrected chi connectivity index (χ0v) is 18.4. The Bertz CT molecular complexity index is 1080. The van der Waals surface area contributed by atoms with Crippen molar-refractivity contribution in [3.63, 3.8) is 0 Å². The van der Waals surface area contributed by atoms with Gasteiger partial charge in [0.25, 0.3) is 11.8 Å². The Morgan fingerprint density at radius 3 is 2.68 bits per heavy atom. The summed E-state index contributed by atoms with van der Waals surface area (Å²) in [5.74, 6) is 0.0230. The summed E-state index contributed by atoms with van der Waals surface area (Å²) >= 11 is 0. The number of likely N-dealkylation sites (tertiary alicyclic amines) is 1. The van der Waals surface area contributed by atoms with E-state index in [1.165, 1.54) is 19.3 Å². The van der Waals surface area contributed by atoms with Crippen molar-refractivity contribution < 1.29 is 9.59 Å². The van der Waals surface area contributed by atoms with Gasteiger partial charge in [-0.2, -0.15) is 0 Å². The number of anilines is 1. The van der Waals surface area contributed by atoms with E-state index in [2.05, 4.69) is 15.2 Å². The topological polar surface area (TPSA) is 68.4 Å². The van der Waals surface area contributed by atoms with Gasteiger partial charge in [0.05, 0.1) is 11.1 Å². The third-order valence-electron chi connectivity index (χ3n) is 6.96. The molecule has 3 aliphatic rings. The summed E-state index contributed by atoms with van der Waals surface area (Å²) in [5, 5.41) is 2.95.